The van der Waals surface area contributed by atoms with E-state index in [0.29, 0.717) is 45.9 Å². The summed E-state index contributed by atoms with van der Waals surface area (Å²) < 4.78 is 12.6. The molecule has 186 valence electrons. The third-order valence-electron chi connectivity index (χ3n) is 5.90. The van der Waals surface area contributed by atoms with E-state index in [1.807, 2.05) is 44.2 Å². The number of benzene rings is 3. The summed E-state index contributed by atoms with van der Waals surface area (Å²) in [4.78, 5) is 13.4. The molecule has 0 spiro atoms. The van der Waals surface area contributed by atoms with Crippen molar-refractivity contribution >= 4 is 29.1 Å². The molecular weight excluding hydrogens is 497 g/mol. The van der Waals surface area contributed by atoms with Crippen LogP contribution in [0.25, 0.3) is 16.9 Å². The summed E-state index contributed by atoms with van der Waals surface area (Å²) in [6.45, 7) is 4.43. The number of hydrogen-bond donors (Lipinski definition) is 1. The predicted molar refractivity (Wildman–Crippen MR) is 144 cm³/mol. The number of nitrogens with zero attached hydrogens (tertiary/aromatic N) is 2. The van der Waals surface area contributed by atoms with Crippen molar-refractivity contribution in [1.82, 2.24) is 15.1 Å². The van der Waals surface area contributed by atoms with Gasteiger partial charge in [-0.25, -0.2) is 4.68 Å². The van der Waals surface area contributed by atoms with E-state index in [9.17, 15) is 4.79 Å². The molecule has 0 aliphatic rings. The summed E-state index contributed by atoms with van der Waals surface area (Å²) >= 11 is 12.3. The molecule has 0 bridgehead atoms. The highest BCUT2D eigenvalue weighted by molar-refractivity contribution is 6.35. The van der Waals surface area contributed by atoms with E-state index in [4.69, 9.17) is 37.8 Å². The van der Waals surface area contributed by atoms with E-state index in [0.717, 1.165) is 27.9 Å². The van der Waals surface area contributed by atoms with Gasteiger partial charge in [-0.3, -0.25) is 4.79 Å². The molecule has 0 atom stereocenters. The molecular formula is C28H27Cl2N3O3. The quantitative estimate of drug-likeness (QED) is 0.288. The average molecular weight is 524 g/mol. The highest BCUT2D eigenvalue weighted by Gasteiger charge is 2.21. The molecule has 0 saturated carbocycles. The number of halogens is 2. The minimum absolute atomic E-state index is 0.244. The SMILES string of the molecule is COc1ccc(-c2cc(C(=O)NCCc3ccc(Cl)cc3Cl)n(-c3ccc(C)cc3C)n2)c(OC)c1. The molecule has 4 aromatic rings. The van der Waals surface area contributed by atoms with Crippen LogP contribution in [0.15, 0.2) is 60.7 Å². The number of carbonyl (C=O) groups excluding carboxylic acids is 1. The lowest BCUT2D eigenvalue weighted by molar-refractivity contribution is 0.0946. The zero-order chi connectivity index (χ0) is 25.8. The number of aromatic nitrogens is 2. The number of rotatable bonds is 8. The van der Waals surface area contributed by atoms with E-state index in [2.05, 4.69) is 11.4 Å². The maximum atomic E-state index is 13.4. The Hall–Kier alpha value is -3.48. The van der Waals surface area contributed by atoms with Crippen LogP contribution in [0.4, 0.5) is 0 Å². The van der Waals surface area contributed by atoms with Gasteiger partial charge in [0.15, 0.2) is 0 Å². The molecule has 3 aromatic carbocycles. The summed E-state index contributed by atoms with van der Waals surface area (Å²) in [6, 6.07) is 18.7. The number of aryl methyl sites for hydroxylation is 2. The lowest BCUT2D eigenvalue weighted by Gasteiger charge is -2.12. The molecule has 8 heteroatoms. The van der Waals surface area contributed by atoms with Gasteiger partial charge in [-0.05, 0) is 67.8 Å². The number of amides is 1. The third kappa shape index (κ3) is 5.50. The molecule has 0 fully saturated rings. The van der Waals surface area contributed by atoms with Crippen LogP contribution in [-0.2, 0) is 6.42 Å². The van der Waals surface area contributed by atoms with Crippen molar-refractivity contribution in [1.29, 1.82) is 0 Å². The second-order valence-corrected chi connectivity index (χ2v) is 9.27. The predicted octanol–water partition coefficient (Wildman–Crippen LogP) is 6.45. The molecule has 0 radical (unpaired) electrons. The van der Waals surface area contributed by atoms with Crippen molar-refractivity contribution in [3.63, 3.8) is 0 Å². The van der Waals surface area contributed by atoms with Gasteiger partial charge in [-0.15, -0.1) is 0 Å². The van der Waals surface area contributed by atoms with E-state index in [1.165, 1.54) is 0 Å². The highest BCUT2D eigenvalue weighted by Crippen LogP contribution is 2.34. The van der Waals surface area contributed by atoms with Gasteiger partial charge in [0.05, 0.1) is 25.6 Å². The van der Waals surface area contributed by atoms with E-state index < -0.39 is 0 Å². The van der Waals surface area contributed by atoms with Crippen LogP contribution in [0.5, 0.6) is 11.5 Å². The van der Waals surface area contributed by atoms with Crippen LogP contribution in [0.3, 0.4) is 0 Å². The molecule has 6 nitrogen and oxygen atoms in total. The largest absolute Gasteiger partial charge is 0.497 e. The van der Waals surface area contributed by atoms with E-state index in [-0.39, 0.29) is 5.91 Å². The van der Waals surface area contributed by atoms with Gasteiger partial charge in [-0.1, -0.05) is 47.0 Å². The van der Waals surface area contributed by atoms with Crippen molar-refractivity contribution in [3.8, 4) is 28.4 Å². The first-order valence-corrected chi connectivity index (χ1v) is 12.2. The molecule has 1 N–H and O–H groups in total. The van der Waals surface area contributed by atoms with Crippen LogP contribution in [-0.4, -0.2) is 36.5 Å². The summed E-state index contributed by atoms with van der Waals surface area (Å²) in [7, 11) is 3.19. The van der Waals surface area contributed by atoms with Gasteiger partial charge < -0.3 is 14.8 Å². The van der Waals surface area contributed by atoms with Crippen molar-refractivity contribution < 1.29 is 14.3 Å². The fourth-order valence-electron chi connectivity index (χ4n) is 4.04. The minimum atomic E-state index is -0.244. The molecule has 0 aliphatic carbocycles. The van der Waals surface area contributed by atoms with Gasteiger partial charge in [0.1, 0.15) is 17.2 Å². The van der Waals surface area contributed by atoms with Crippen LogP contribution < -0.4 is 14.8 Å². The van der Waals surface area contributed by atoms with Gasteiger partial charge in [0.2, 0.25) is 0 Å². The smallest absolute Gasteiger partial charge is 0.270 e. The summed E-state index contributed by atoms with van der Waals surface area (Å²) in [5.41, 5.74) is 5.65. The summed E-state index contributed by atoms with van der Waals surface area (Å²) in [5, 5.41) is 8.97. The van der Waals surface area contributed by atoms with Crippen LogP contribution >= 0.6 is 23.2 Å². The van der Waals surface area contributed by atoms with E-state index >= 15 is 0 Å². The van der Waals surface area contributed by atoms with Gasteiger partial charge >= 0.3 is 0 Å². The first-order chi connectivity index (χ1) is 17.3. The Labute approximate surface area is 220 Å². The first kappa shape index (κ1) is 25.6. The van der Waals surface area contributed by atoms with Crippen LogP contribution in [0.1, 0.15) is 27.2 Å². The zero-order valence-corrected chi connectivity index (χ0v) is 22.1. The van der Waals surface area contributed by atoms with Crippen molar-refractivity contribution in [2.75, 3.05) is 20.8 Å². The Kier molecular flexibility index (Phi) is 7.87. The monoisotopic (exact) mass is 523 g/mol. The van der Waals surface area contributed by atoms with Gasteiger partial charge in [0.25, 0.3) is 5.91 Å². The molecule has 4 rings (SSSR count). The topological polar surface area (TPSA) is 65.4 Å². The minimum Gasteiger partial charge on any atom is -0.497 e. The van der Waals surface area contributed by atoms with Crippen LogP contribution in [0, 0.1) is 13.8 Å². The van der Waals surface area contributed by atoms with E-state index in [1.54, 1.807) is 43.2 Å². The van der Waals surface area contributed by atoms with Gasteiger partial charge in [0, 0.05) is 28.2 Å². The number of ether oxygens (including phenoxy) is 2. The Morgan fingerprint density at radius 3 is 2.47 bits per heavy atom. The molecule has 1 aromatic heterocycles. The average Bonchev–Trinajstić information content (AvgIpc) is 3.29. The second kappa shape index (κ2) is 11.1. The maximum Gasteiger partial charge on any atom is 0.270 e. The highest BCUT2D eigenvalue weighted by atomic mass is 35.5. The lowest BCUT2D eigenvalue weighted by atomic mass is 10.1. The third-order valence-corrected chi connectivity index (χ3v) is 6.49. The normalized spacial score (nSPS) is 10.8. The molecule has 36 heavy (non-hydrogen) atoms. The molecule has 1 amide bonds. The Morgan fingerprint density at radius 2 is 1.78 bits per heavy atom. The van der Waals surface area contributed by atoms with Gasteiger partial charge in [-0.2, -0.15) is 5.10 Å². The van der Waals surface area contributed by atoms with Crippen molar-refractivity contribution in [2.24, 2.45) is 0 Å². The fraction of sp³-hybridized carbons (Fsp3) is 0.214. The Bertz CT molecular complexity index is 1420. The number of hydrogen-bond acceptors (Lipinski definition) is 4. The van der Waals surface area contributed by atoms with Crippen LogP contribution in [0.2, 0.25) is 10.0 Å². The lowest BCUT2D eigenvalue weighted by Crippen LogP contribution is -2.28. The molecule has 1 heterocycles. The second-order valence-electron chi connectivity index (χ2n) is 8.42. The molecule has 0 aliphatic heterocycles. The summed E-state index contributed by atoms with van der Waals surface area (Å²) in [6.07, 6.45) is 0.568. The zero-order valence-electron chi connectivity index (χ0n) is 20.6. The Morgan fingerprint density at radius 1 is 0.972 bits per heavy atom. The molecule has 0 saturated heterocycles. The first-order valence-electron chi connectivity index (χ1n) is 11.4. The fourth-order valence-corrected chi connectivity index (χ4v) is 4.54. The maximum absolute atomic E-state index is 13.4. The van der Waals surface area contributed by atoms with Crippen molar-refractivity contribution in [3.05, 3.63) is 93.1 Å². The Balaban J connectivity index is 1.68. The number of methoxy groups -OCH3 is 2. The summed E-state index contributed by atoms with van der Waals surface area (Å²) in [5.74, 6) is 1.03. The number of nitrogens with one attached hydrogen (secondary N) is 1. The standard InChI is InChI=1S/C28H27Cl2N3O3/c1-17-5-10-25(18(2)13-17)33-26(28(34)31-12-11-19-6-7-20(29)14-23(19)30)16-24(32-33)22-9-8-21(35-3)15-27(22)36-4/h5-10,13-16H,11-12H2,1-4H3,(H,31,34). The molecule has 0 unspecified atom stereocenters. The number of carbonyl (C=O) groups is 1. The van der Waals surface area contributed by atoms with Crippen molar-refractivity contribution in [2.45, 2.75) is 20.3 Å².